The lowest BCUT2D eigenvalue weighted by Gasteiger charge is -2.33. The van der Waals surface area contributed by atoms with Gasteiger partial charge in [0.15, 0.2) is 0 Å². The molecule has 19 heavy (non-hydrogen) atoms. The molecule has 2 unspecified atom stereocenters. The highest BCUT2D eigenvalue weighted by molar-refractivity contribution is 7.91. The predicted octanol–water partition coefficient (Wildman–Crippen LogP) is 3.48. The molecule has 0 aromatic carbocycles. The van der Waals surface area contributed by atoms with Crippen molar-refractivity contribution in [3.63, 3.8) is 0 Å². The van der Waals surface area contributed by atoms with Crippen LogP contribution in [0.3, 0.4) is 0 Å². The molecule has 0 spiro atoms. The Balaban J connectivity index is 2.23. The van der Waals surface area contributed by atoms with E-state index in [4.69, 9.17) is 11.6 Å². The summed E-state index contributed by atoms with van der Waals surface area (Å²) in [5, 5.41) is -0.0702. The number of nitrogens with zero attached hydrogens (tertiary/aromatic N) is 1. The maximum Gasteiger partial charge on any atom is 0.252 e. The molecule has 1 aromatic heterocycles. The third kappa shape index (κ3) is 3.15. The number of alkyl halides is 1. The molecule has 6 heteroatoms. The van der Waals surface area contributed by atoms with Gasteiger partial charge < -0.3 is 0 Å². The third-order valence-electron chi connectivity index (χ3n) is 3.73. The van der Waals surface area contributed by atoms with Gasteiger partial charge in [-0.25, -0.2) is 8.42 Å². The van der Waals surface area contributed by atoms with E-state index in [0.29, 0.717) is 4.21 Å². The second-order valence-corrected chi connectivity index (χ2v) is 8.92. The van der Waals surface area contributed by atoms with E-state index in [1.165, 1.54) is 15.6 Å². The maximum atomic E-state index is 12.6. The van der Waals surface area contributed by atoms with Crippen LogP contribution < -0.4 is 0 Å². The Hall–Kier alpha value is -0.100. The van der Waals surface area contributed by atoms with Crippen molar-refractivity contribution in [2.24, 2.45) is 0 Å². The molecule has 1 saturated carbocycles. The van der Waals surface area contributed by atoms with E-state index in [9.17, 15) is 8.42 Å². The van der Waals surface area contributed by atoms with Crippen molar-refractivity contribution in [2.75, 3.05) is 7.05 Å². The molecule has 2 atom stereocenters. The summed E-state index contributed by atoms with van der Waals surface area (Å²) < 4.78 is 27.1. The van der Waals surface area contributed by atoms with E-state index in [2.05, 4.69) is 0 Å². The smallest absolute Gasteiger partial charge is 0.206 e. The lowest BCUT2D eigenvalue weighted by atomic mass is 9.95. The molecule has 108 valence electrons. The Morgan fingerprint density at radius 1 is 1.37 bits per heavy atom. The van der Waals surface area contributed by atoms with Crippen LogP contribution in [-0.2, 0) is 16.4 Å². The number of halogens is 1. The van der Waals surface area contributed by atoms with Crippen LogP contribution in [-0.4, -0.2) is 31.2 Å². The maximum absolute atomic E-state index is 12.6. The van der Waals surface area contributed by atoms with Crippen molar-refractivity contribution < 1.29 is 8.42 Å². The summed E-state index contributed by atoms with van der Waals surface area (Å²) in [5.74, 6) is 0. The molecule has 1 heterocycles. The van der Waals surface area contributed by atoms with Crippen molar-refractivity contribution in [2.45, 2.75) is 54.7 Å². The van der Waals surface area contributed by atoms with Crippen molar-refractivity contribution in [3.8, 4) is 0 Å². The molecule has 1 aromatic rings. The molecular formula is C13H20ClNO2S2. The SMILES string of the molecule is CCc1ccc(S(=O)(=O)N(C)C2CCCCC2Cl)s1. The first-order valence-electron chi connectivity index (χ1n) is 6.67. The molecule has 0 N–H and O–H groups in total. The molecule has 3 nitrogen and oxygen atoms in total. The fourth-order valence-corrected chi connectivity index (χ4v) is 5.90. The quantitative estimate of drug-likeness (QED) is 0.796. The average Bonchev–Trinajstić information content (AvgIpc) is 2.88. The van der Waals surface area contributed by atoms with Gasteiger partial charge in [0.05, 0.1) is 5.38 Å². The summed E-state index contributed by atoms with van der Waals surface area (Å²) in [6, 6.07) is 3.53. The van der Waals surface area contributed by atoms with Gasteiger partial charge in [0.1, 0.15) is 4.21 Å². The zero-order valence-corrected chi connectivity index (χ0v) is 13.7. The highest BCUT2D eigenvalue weighted by Crippen LogP contribution is 2.32. The first-order chi connectivity index (χ1) is 8.96. The van der Waals surface area contributed by atoms with Gasteiger partial charge in [-0.3, -0.25) is 0 Å². The van der Waals surface area contributed by atoms with Crippen LogP contribution in [0.1, 0.15) is 37.5 Å². The highest BCUT2D eigenvalue weighted by Gasteiger charge is 2.34. The Labute approximate surface area is 124 Å². The van der Waals surface area contributed by atoms with E-state index < -0.39 is 10.0 Å². The summed E-state index contributed by atoms with van der Waals surface area (Å²) in [6.07, 6.45) is 4.77. The molecule has 0 saturated heterocycles. The van der Waals surface area contributed by atoms with E-state index in [1.807, 2.05) is 13.0 Å². The van der Waals surface area contributed by atoms with Gasteiger partial charge in [0.2, 0.25) is 0 Å². The van der Waals surface area contributed by atoms with Gasteiger partial charge in [0.25, 0.3) is 10.0 Å². The molecule has 1 aliphatic rings. The number of rotatable bonds is 4. The summed E-state index contributed by atoms with van der Waals surface area (Å²) in [6.45, 7) is 2.03. The molecular weight excluding hydrogens is 302 g/mol. The minimum absolute atomic E-state index is 0.0702. The van der Waals surface area contributed by atoms with Crippen LogP contribution in [0.2, 0.25) is 0 Å². The number of hydrogen-bond donors (Lipinski definition) is 0. The Kier molecular flexibility index (Phi) is 4.93. The monoisotopic (exact) mass is 321 g/mol. The van der Waals surface area contributed by atoms with E-state index in [-0.39, 0.29) is 11.4 Å². The Bertz CT molecular complexity index is 527. The van der Waals surface area contributed by atoms with Gasteiger partial charge in [0, 0.05) is 18.0 Å². The average molecular weight is 322 g/mol. The normalized spacial score (nSPS) is 24.8. The predicted molar refractivity (Wildman–Crippen MR) is 80.5 cm³/mol. The topological polar surface area (TPSA) is 37.4 Å². The second-order valence-electron chi connectivity index (χ2n) is 4.96. The van der Waals surface area contributed by atoms with Gasteiger partial charge >= 0.3 is 0 Å². The van der Waals surface area contributed by atoms with Gasteiger partial charge in [-0.05, 0) is 31.4 Å². The second kappa shape index (κ2) is 6.12. The van der Waals surface area contributed by atoms with Gasteiger partial charge in [-0.2, -0.15) is 4.31 Å². The van der Waals surface area contributed by atoms with Crippen LogP contribution in [0.4, 0.5) is 0 Å². The van der Waals surface area contributed by atoms with Gasteiger partial charge in [-0.15, -0.1) is 22.9 Å². The molecule has 0 aliphatic heterocycles. The number of aryl methyl sites for hydroxylation is 1. The van der Waals surface area contributed by atoms with Crippen molar-refractivity contribution >= 4 is 33.0 Å². The van der Waals surface area contributed by atoms with Gasteiger partial charge in [-0.1, -0.05) is 19.8 Å². The first-order valence-corrected chi connectivity index (χ1v) is 9.37. The Morgan fingerprint density at radius 3 is 2.63 bits per heavy atom. The summed E-state index contributed by atoms with van der Waals surface area (Å²) in [7, 11) is -1.73. The van der Waals surface area contributed by atoms with Crippen molar-refractivity contribution in [1.29, 1.82) is 0 Å². The number of sulfonamides is 1. The standard InChI is InChI=1S/C13H20ClNO2S2/c1-3-10-8-9-13(18-10)19(16,17)15(2)12-7-5-4-6-11(12)14/h8-9,11-12H,3-7H2,1-2H3. The zero-order valence-electron chi connectivity index (χ0n) is 11.3. The van der Waals surface area contributed by atoms with Crippen LogP contribution in [0.15, 0.2) is 16.3 Å². The fraction of sp³-hybridized carbons (Fsp3) is 0.692. The van der Waals surface area contributed by atoms with E-state index in [1.54, 1.807) is 13.1 Å². The Morgan fingerprint density at radius 2 is 2.05 bits per heavy atom. The molecule has 0 amide bonds. The highest BCUT2D eigenvalue weighted by atomic mass is 35.5. The van der Waals surface area contributed by atoms with E-state index >= 15 is 0 Å². The largest absolute Gasteiger partial charge is 0.252 e. The summed E-state index contributed by atoms with van der Waals surface area (Å²) >= 11 is 7.66. The number of hydrogen-bond acceptors (Lipinski definition) is 3. The van der Waals surface area contributed by atoms with Crippen LogP contribution in [0.5, 0.6) is 0 Å². The first kappa shape index (κ1) is 15.3. The molecule has 0 radical (unpaired) electrons. The zero-order chi connectivity index (χ0) is 14.0. The molecule has 0 bridgehead atoms. The fourth-order valence-electron chi connectivity index (χ4n) is 2.48. The van der Waals surface area contributed by atoms with Crippen molar-refractivity contribution in [1.82, 2.24) is 4.31 Å². The van der Waals surface area contributed by atoms with E-state index in [0.717, 1.165) is 37.0 Å². The van der Waals surface area contributed by atoms with Crippen LogP contribution in [0.25, 0.3) is 0 Å². The third-order valence-corrected chi connectivity index (χ3v) is 7.82. The van der Waals surface area contributed by atoms with Crippen LogP contribution >= 0.6 is 22.9 Å². The molecule has 1 fully saturated rings. The lowest BCUT2D eigenvalue weighted by Crippen LogP contribution is -2.43. The van der Waals surface area contributed by atoms with Crippen molar-refractivity contribution in [3.05, 3.63) is 17.0 Å². The summed E-state index contributed by atoms with van der Waals surface area (Å²) in [5.41, 5.74) is 0. The summed E-state index contributed by atoms with van der Waals surface area (Å²) in [4.78, 5) is 1.10. The minimum atomic E-state index is -3.39. The minimum Gasteiger partial charge on any atom is -0.206 e. The lowest BCUT2D eigenvalue weighted by molar-refractivity contribution is 0.291. The number of thiophene rings is 1. The molecule has 2 rings (SSSR count). The van der Waals surface area contributed by atoms with Crippen LogP contribution in [0, 0.1) is 0 Å². The molecule has 1 aliphatic carbocycles.